The molecule has 0 heterocycles. The van der Waals surface area contributed by atoms with Crippen molar-refractivity contribution in [2.75, 3.05) is 0 Å². The number of nitrogens with zero attached hydrogens (tertiary/aromatic N) is 1. The summed E-state index contributed by atoms with van der Waals surface area (Å²) in [5, 5.41) is 0. The quantitative estimate of drug-likeness (QED) is 0.439. The summed E-state index contributed by atoms with van der Waals surface area (Å²) in [6.07, 6.45) is 18.5. The molecule has 0 aromatic carbocycles. The van der Waals surface area contributed by atoms with Gasteiger partial charge in [-0.3, -0.25) is 4.99 Å². The van der Waals surface area contributed by atoms with Crippen molar-refractivity contribution in [2.24, 2.45) is 10.9 Å². The highest BCUT2D eigenvalue weighted by Gasteiger charge is 2.13. The number of rotatable bonds is 7. The first-order chi connectivity index (χ1) is 8.83. The zero-order valence-electron chi connectivity index (χ0n) is 11.3. The Morgan fingerprint density at radius 2 is 2.28 bits per heavy atom. The van der Waals surface area contributed by atoms with Gasteiger partial charge in [-0.25, -0.2) is 0 Å². The van der Waals surface area contributed by atoms with Crippen molar-refractivity contribution in [1.29, 1.82) is 0 Å². The Bertz CT molecular complexity index is 394. The lowest BCUT2D eigenvalue weighted by Crippen LogP contribution is -2.03. The zero-order valence-corrected chi connectivity index (χ0v) is 11.3. The third-order valence-electron chi connectivity index (χ3n) is 3.03. The maximum Gasteiger partial charge on any atom is 0.0507 e. The van der Waals surface area contributed by atoms with Gasteiger partial charge in [0, 0.05) is 12.1 Å². The Morgan fingerprint density at radius 3 is 2.83 bits per heavy atom. The summed E-state index contributed by atoms with van der Waals surface area (Å²) in [5.41, 5.74) is 2.43. The van der Waals surface area contributed by atoms with E-state index in [4.69, 9.17) is 0 Å². The highest BCUT2D eigenvalue weighted by molar-refractivity contribution is 5.71. The molecular formula is C17H23N. The normalized spacial score (nSPS) is 18.9. The summed E-state index contributed by atoms with van der Waals surface area (Å²) in [5.74, 6) is 0.340. The van der Waals surface area contributed by atoms with Crippen LogP contribution in [0.5, 0.6) is 0 Å². The van der Waals surface area contributed by atoms with E-state index >= 15 is 0 Å². The summed E-state index contributed by atoms with van der Waals surface area (Å²) in [6, 6.07) is 0. The standard InChI is InChI=1S/C17H23N/c1-4-7-11-15(6-3)17(18-14-5-2)16-12-9-8-10-13-16/h5-6,8-10,12,14-15H,2-4,7,11,13H2,1H3/b17-16-,18-14?. The van der Waals surface area contributed by atoms with Gasteiger partial charge in [0.1, 0.15) is 0 Å². The van der Waals surface area contributed by atoms with Gasteiger partial charge < -0.3 is 0 Å². The molecule has 0 saturated carbocycles. The van der Waals surface area contributed by atoms with Crippen LogP contribution in [0, 0.1) is 5.92 Å². The maximum atomic E-state index is 4.57. The molecule has 0 spiro atoms. The van der Waals surface area contributed by atoms with Crippen LogP contribution in [0.25, 0.3) is 0 Å². The minimum Gasteiger partial charge on any atom is -0.260 e. The fourth-order valence-electron chi connectivity index (χ4n) is 2.04. The number of aliphatic imine (C=N–C) groups is 1. The molecule has 1 aliphatic carbocycles. The molecule has 1 atom stereocenters. The Morgan fingerprint density at radius 1 is 1.44 bits per heavy atom. The van der Waals surface area contributed by atoms with E-state index in [2.05, 4.69) is 49.4 Å². The molecule has 96 valence electrons. The van der Waals surface area contributed by atoms with Crippen molar-refractivity contribution in [3.63, 3.8) is 0 Å². The minimum atomic E-state index is 0.340. The monoisotopic (exact) mass is 241 g/mol. The fourth-order valence-corrected chi connectivity index (χ4v) is 2.04. The van der Waals surface area contributed by atoms with Crippen molar-refractivity contribution in [3.05, 3.63) is 60.9 Å². The summed E-state index contributed by atoms with van der Waals surface area (Å²) in [4.78, 5) is 4.57. The first-order valence-electron chi connectivity index (χ1n) is 6.67. The van der Waals surface area contributed by atoms with Gasteiger partial charge in [-0.2, -0.15) is 0 Å². The summed E-state index contributed by atoms with van der Waals surface area (Å²) in [6.45, 7) is 9.87. The lowest BCUT2D eigenvalue weighted by Gasteiger charge is -2.17. The fraction of sp³-hybridized carbons (Fsp3) is 0.353. The first kappa shape index (κ1) is 14.4. The number of hydrogen-bond acceptors (Lipinski definition) is 1. The highest BCUT2D eigenvalue weighted by atomic mass is 14.7. The molecule has 0 aliphatic heterocycles. The van der Waals surface area contributed by atoms with Crippen LogP contribution < -0.4 is 0 Å². The molecule has 18 heavy (non-hydrogen) atoms. The second kappa shape index (κ2) is 8.46. The molecule has 0 amide bonds. The predicted octanol–water partition coefficient (Wildman–Crippen LogP) is 5.01. The highest BCUT2D eigenvalue weighted by Crippen LogP contribution is 2.27. The first-order valence-corrected chi connectivity index (χ1v) is 6.67. The SMILES string of the molecule is C=CC=N/C(=C1/C=CC=CC1)C(C=C)CCCC. The van der Waals surface area contributed by atoms with Gasteiger partial charge in [-0.05, 0) is 18.4 Å². The van der Waals surface area contributed by atoms with Crippen molar-refractivity contribution in [2.45, 2.75) is 32.6 Å². The topological polar surface area (TPSA) is 12.4 Å². The largest absolute Gasteiger partial charge is 0.260 e. The van der Waals surface area contributed by atoms with Crippen LogP contribution in [0.3, 0.4) is 0 Å². The Kier molecular flexibility index (Phi) is 6.78. The van der Waals surface area contributed by atoms with Crippen molar-refractivity contribution in [1.82, 2.24) is 0 Å². The molecule has 0 aromatic heterocycles. The van der Waals surface area contributed by atoms with Crippen LogP contribution in [-0.4, -0.2) is 6.21 Å². The third kappa shape index (κ3) is 4.33. The summed E-state index contributed by atoms with van der Waals surface area (Å²) >= 11 is 0. The van der Waals surface area contributed by atoms with Gasteiger partial charge >= 0.3 is 0 Å². The Hall–Kier alpha value is -1.63. The molecule has 1 unspecified atom stereocenters. The number of allylic oxidation sites excluding steroid dienone is 7. The second-order valence-electron chi connectivity index (χ2n) is 4.40. The average molecular weight is 241 g/mol. The Labute approximate surface area is 111 Å². The van der Waals surface area contributed by atoms with E-state index in [1.165, 1.54) is 18.4 Å². The summed E-state index contributed by atoms with van der Waals surface area (Å²) in [7, 11) is 0. The third-order valence-corrected chi connectivity index (χ3v) is 3.03. The smallest absolute Gasteiger partial charge is 0.0507 e. The molecule has 0 fully saturated rings. The van der Waals surface area contributed by atoms with Crippen molar-refractivity contribution >= 4 is 6.21 Å². The van der Waals surface area contributed by atoms with Crippen LogP contribution in [0.4, 0.5) is 0 Å². The predicted molar refractivity (Wildman–Crippen MR) is 81.8 cm³/mol. The van der Waals surface area contributed by atoms with E-state index in [-0.39, 0.29) is 0 Å². The maximum absolute atomic E-state index is 4.57. The second-order valence-corrected chi connectivity index (χ2v) is 4.40. The molecule has 0 aromatic rings. The Balaban J connectivity index is 2.98. The van der Waals surface area contributed by atoms with E-state index in [0.29, 0.717) is 5.92 Å². The summed E-state index contributed by atoms with van der Waals surface area (Å²) < 4.78 is 0. The molecule has 0 saturated heterocycles. The molecule has 0 bridgehead atoms. The van der Waals surface area contributed by atoms with Crippen LogP contribution >= 0.6 is 0 Å². The van der Waals surface area contributed by atoms with Crippen molar-refractivity contribution < 1.29 is 0 Å². The molecule has 0 N–H and O–H groups in total. The van der Waals surface area contributed by atoms with Gasteiger partial charge in [0.2, 0.25) is 0 Å². The van der Waals surface area contributed by atoms with Crippen LogP contribution in [0.1, 0.15) is 32.6 Å². The number of hydrogen-bond donors (Lipinski definition) is 0. The van der Waals surface area contributed by atoms with Crippen LogP contribution in [-0.2, 0) is 0 Å². The average Bonchev–Trinajstić information content (AvgIpc) is 2.43. The van der Waals surface area contributed by atoms with Crippen LogP contribution in [0.2, 0.25) is 0 Å². The van der Waals surface area contributed by atoms with E-state index < -0.39 is 0 Å². The molecule has 1 aliphatic rings. The van der Waals surface area contributed by atoms with Gasteiger partial charge in [-0.1, -0.05) is 62.8 Å². The lowest BCUT2D eigenvalue weighted by atomic mass is 9.92. The minimum absolute atomic E-state index is 0.340. The molecule has 1 nitrogen and oxygen atoms in total. The van der Waals surface area contributed by atoms with E-state index in [0.717, 1.165) is 18.5 Å². The molecule has 1 rings (SSSR count). The number of unbranched alkanes of at least 4 members (excludes halogenated alkanes) is 1. The van der Waals surface area contributed by atoms with E-state index in [1.807, 2.05) is 6.08 Å². The van der Waals surface area contributed by atoms with Gasteiger partial charge in [-0.15, -0.1) is 6.58 Å². The molecule has 1 heteroatoms. The van der Waals surface area contributed by atoms with Gasteiger partial charge in [0.05, 0.1) is 5.70 Å². The lowest BCUT2D eigenvalue weighted by molar-refractivity contribution is 0.610. The van der Waals surface area contributed by atoms with E-state index in [9.17, 15) is 0 Å². The van der Waals surface area contributed by atoms with Gasteiger partial charge in [0.25, 0.3) is 0 Å². The van der Waals surface area contributed by atoms with Gasteiger partial charge in [0.15, 0.2) is 0 Å². The zero-order chi connectivity index (χ0) is 13.2. The molecule has 0 radical (unpaired) electrons. The molecular weight excluding hydrogens is 218 g/mol. The van der Waals surface area contributed by atoms with Crippen LogP contribution in [0.15, 0.2) is 65.9 Å². The van der Waals surface area contributed by atoms with Crippen molar-refractivity contribution in [3.8, 4) is 0 Å². The van der Waals surface area contributed by atoms with E-state index in [1.54, 1.807) is 12.3 Å².